The lowest BCUT2D eigenvalue weighted by atomic mass is 9.78. The van der Waals surface area contributed by atoms with Crippen molar-refractivity contribution in [3.8, 4) is 17.2 Å². The van der Waals surface area contributed by atoms with Crippen molar-refractivity contribution < 1.29 is 14.9 Å². The third-order valence-corrected chi connectivity index (χ3v) is 4.93. The van der Waals surface area contributed by atoms with Gasteiger partial charge in [-0.1, -0.05) is 72.6 Å². The first-order chi connectivity index (χ1) is 13.3. The molecular weight excluding hydrogens is 360 g/mol. The van der Waals surface area contributed by atoms with Gasteiger partial charge in [-0.05, 0) is 65.5 Å². The fourth-order valence-electron chi connectivity index (χ4n) is 3.25. The van der Waals surface area contributed by atoms with Crippen molar-refractivity contribution in [2.75, 3.05) is 7.11 Å². The molecule has 3 heteroatoms. The van der Waals surface area contributed by atoms with Gasteiger partial charge in [0.05, 0.1) is 7.11 Å². The Bertz CT molecular complexity index is 758. The number of methoxy groups -OCH3 is 1. The summed E-state index contributed by atoms with van der Waals surface area (Å²) in [6, 6.07) is 9.40. The Kier molecular flexibility index (Phi) is 8.62. The lowest BCUT2D eigenvalue weighted by molar-refractivity contribution is 0.406. The van der Waals surface area contributed by atoms with E-state index in [0.29, 0.717) is 11.5 Å². The second-order valence-corrected chi connectivity index (χ2v) is 9.81. The number of unbranched alkanes of at least 4 members (excludes halogenated alkanes) is 1. The maximum absolute atomic E-state index is 10.4. The van der Waals surface area contributed by atoms with Crippen molar-refractivity contribution in [1.29, 1.82) is 0 Å². The van der Waals surface area contributed by atoms with Crippen LogP contribution in [0.25, 0.3) is 0 Å². The molecule has 0 aromatic heterocycles. The molecule has 0 fully saturated rings. The van der Waals surface area contributed by atoms with Gasteiger partial charge in [-0.3, -0.25) is 0 Å². The number of hydrogen-bond acceptors (Lipinski definition) is 3. The molecule has 2 N–H and O–H groups in total. The lowest BCUT2D eigenvalue weighted by Gasteiger charge is -2.27. The number of aryl methyl sites for hydroxylation is 2. The zero-order chi connectivity index (χ0) is 22.4. The molecule has 0 bridgehead atoms. The van der Waals surface area contributed by atoms with E-state index in [2.05, 4.69) is 67.5 Å². The van der Waals surface area contributed by atoms with E-state index in [1.54, 1.807) is 25.3 Å². The average Bonchev–Trinajstić information content (AvgIpc) is 2.60. The Morgan fingerprint density at radius 2 is 1.38 bits per heavy atom. The van der Waals surface area contributed by atoms with Crippen molar-refractivity contribution in [2.45, 2.75) is 85.5 Å². The topological polar surface area (TPSA) is 49.7 Å². The minimum Gasteiger partial charge on any atom is -0.508 e. The van der Waals surface area contributed by atoms with Gasteiger partial charge in [-0.25, -0.2) is 0 Å². The fraction of sp³-hybridized carbons (Fsp3) is 0.538. The smallest absolute Gasteiger partial charge is 0.123 e. The zero-order valence-corrected chi connectivity index (χ0v) is 19.8. The van der Waals surface area contributed by atoms with E-state index in [9.17, 15) is 10.2 Å². The summed E-state index contributed by atoms with van der Waals surface area (Å²) in [6.07, 6.45) is 3.24. The molecule has 0 atom stereocenters. The molecule has 3 nitrogen and oxygen atoms in total. The Labute approximate surface area is 177 Å². The largest absolute Gasteiger partial charge is 0.508 e. The van der Waals surface area contributed by atoms with E-state index in [1.807, 2.05) is 0 Å². The summed E-state index contributed by atoms with van der Waals surface area (Å²) in [5.74, 6) is 1.64. The first kappa shape index (κ1) is 24.9. The van der Waals surface area contributed by atoms with E-state index < -0.39 is 0 Å². The molecule has 0 heterocycles. The second kappa shape index (κ2) is 10.0. The zero-order valence-electron chi connectivity index (χ0n) is 19.8. The van der Waals surface area contributed by atoms with Crippen molar-refractivity contribution in [3.05, 3.63) is 52.6 Å². The molecule has 162 valence electrons. The van der Waals surface area contributed by atoms with E-state index in [1.165, 1.54) is 5.56 Å². The second-order valence-electron chi connectivity index (χ2n) is 9.81. The predicted octanol–water partition coefficient (Wildman–Crippen LogP) is 7.04. The number of benzene rings is 2. The summed E-state index contributed by atoms with van der Waals surface area (Å²) >= 11 is 0. The van der Waals surface area contributed by atoms with Gasteiger partial charge >= 0.3 is 0 Å². The van der Waals surface area contributed by atoms with Gasteiger partial charge in [-0.2, -0.15) is 0 Å². The van der Waals surface area contributed by atoms with Gasteiger partial charge in [0.2, 0.25) is 0 Å². The Morgan fingerprint density at radius 3 is 1.79 bits per heavy atom. The van der Waals surface area contributed by atoms with Crippen LogP contribution in [0.5, 0.6) is 17.2 Å². The molecular formula is C26H40O3. The van der Waals surface area contributed by atoms with Crippen LogP contribution in [0.4, 0.5) is 0 Å². The minimum absolute atomic E-state index is 0.0178. The molecule has 2 aromatic carbocycles. The van der Waals surface area contributed by atoms with Gasteiger partial charge in [0.15, 0.2) is 0 Å². The molecule has 0 unspecified atom stereocenters. The first-order valence-electron chi connectivity index (χ1n) is 10.5. The standard InChI is InChI=1S/C15H24O.C11H16O2/c1-10-8-11(14(2,3)4)13(16)12(9-10)15(5,6)7;1-3-4-5-9-8-10(12)6-7-11(9)13-2/h8-9,16H,1-7H3;6-8,12H,3-5H2,1-2H3. The van der Waals surface area contributed by atoms with Gasteiger partial charge in [0, 0.05) is 0 Å². The van der Waals surface area contributed by atoms with Crippen LogP contribution in [-0.2, 0) is 17.3 Å². The van der Waals surface area contributed by atoms with E-state index >= 15 is 0 Å². The highest BCUT2D eigenvalue weighted by Gasteiger charge is 2.25. The summed E-state index contributed by atoms with van der Waals surface area (Å²) in [7, 11) is 1.65. The Morgan fingerprint density at radius 1 is 0.862 bits per heavy atom. The van der Waals surface area contributed by atoms with Crippen molar-refractivity contribution in [1.82, 2.24) is 0 Å². The number of rotatable bonds is 4. The molecule has 0 aliphatic heterocycles. The predicted molar refractivity (Wildman–Crippen MR) is 124 cm³/mol. The highest BCUT2D eigenvalue weighted by molar-refractivity contribution is 5.49. The first-order valence-corrected chi connectivity index (χ1v) is 10.5. The van der Waals surface area contributed by atoms with Gasteiger partial charge in [0.25, 0.3) is 0 Å². The van der Waals surface area contributed by atoms with E-state index in [-0.39, 0.29) is 10.8 Å². The van der Waals surface area contributed by atoms with Gasteiger partial charge in [-0.15, -0.1) is 0 Å². The van der Waals surface area contributed by atoms with Crippen molar-refractivity contribution >= 4 is 0 Å². The molecule has 0 spiro atoms. The number of aromatic hydroxyl groups is 2. The molecule has 2 aromatic rings. The summed E-state index contributed by atoms with van der Waals surface area (Å²) in [5, 5.41) is 19.7. The SMILES string of the molecule is CCCCc1cc(O)ccc1OC.Cc1cc(C(C)(C)C)c(O)c(C(C)(C)C)c1. The van der Waals surface area contributed by atoms with E-state index in [0.717, 1.165) is 41.7 Å². The summed E-state index contributed by atoms with van der Waals surface area (Å²) in [6.45, 7) is 17.0. The van der Waals surface area contributed by atoms with Crippen LogP contribution in [0.1, 0.15) is 83.6 Å². The number of phenols is 2. The molecule has 2 rings (SSSR count). The molecule has 0 amide bonds. The van der Waals surface area contributed by atoms with Crippen LogP contribution in [0.3, 0.4) is 0 Å². The Balaban J connectivity index is 0.000000296. The molecule has 0 aliphatic rings. The van der Waals surface area contributed by atoms with Crippen LogP contribution in [-0.4, -0.2) is 17.3 Å². The third-order valence-electron chi connectivity index (χ3n) is 4.93. The van der Waals surface area contributed by atoms with Gasteiger partial charge in [0.1, 0.15) is 17.2 Å². The van der Waals surface area contributed by atoms with Crippen LogP contribution < -0.4 is 4.74 Å². The quantitative estimate of drug-likeness (QED) is 0.578. The minimum atomic E-state index is -0.0178. The van der Waals surface area contributed by atoms with Crippen molar-refractivity contribution in [3.63, 3.8) is 0 Å². The average molecular weight is 401 g/mol. The third kappa shape index (κ3) is 7.30. The molecule has 0 radical (unpaired) electrons. The number of hydrogen-bond donors (Lipinski definition) is 2. The monoisotopic (exact) mass is 400 g/mol. The molecule has 0 aliphatic carbocycles. The van der Waals surface area contributed by atoms with Crippen LogP contribution in [0.2, 0.25) is 0 Å². The van der Waals surface area contributed by atoms with Gasteiger partial charge < -0.3 is 14.9 Å². The Hall–Kier alpha value is -2.16. The molecule has 0 saturated carbocycles. The summed E-state index contributed by atoms with van der Waals surface area (Å²) in [5.41, 5.74) is 4.35. The number of phenolic OH excluding ortho intramolecular Hbond substituents is 2. The number of ether oxygens (including phenoxy) is 1. The summed E-state index contributed by atoms with van der Waals surface area (Å²) in [4.78, 5) is 0. The molecule has 29 heavy (non-hydrogen) atoms. The maximum atomic E-state index is 10.4. The highest BCUT2D eigenvalue weighted by Crippen LogP contribution is 2.39. The van der Waals surface area contributed by atoms with E-state index in [4.69, 9.17) is 4.74 Å². The fourth-order valence-corrected chi connectivity index (χ4v) is 3.25. The lowest BCUT2D eigenvalue weighted by Crippen LogP contribution is -2.17. The normalized spacial score (nSPS) is 11.6. The maximum Gasteiger partial charge on any atom is 0.123 e. The highest BCUT2D eigenvalue weighted by atomic mass is 16.5. The van der Waals surface area contributed by atoms with Crippen LogP contribution in [0, 0.1) is 6.92 Å². The molecule has 0 saturated heterocycles. The summed E-state index contributed by atoms with van der Waals surface area (Å²) < 4.78 is 5.19. The van der Waals surface area contributed by atoms with Crippen LogP contribution in [0.15, 0.2) is 30.3 Å². The van der Waals surface area contributed by atoms with Crippen molar-refractivity contribution in [2.24, 2.45) is 0 Å². The van der Waals surface area contributed by atoms with Crippen LogP contribution >= 0.6 is 0 Å².